The fraction of sp³-hybridized carbons (Fsp3) is 0.200. The maximum Gasteiger partial charge on any atom is 0.254 e. The minimum atomic E-state index is -0.358. The number of carbonyl (C=O) groups excluding carboxylic acids is 1. The van der Waals surface area contributed by atoms with Gasteiger partial charge in [0.1, 0.15) is 5.82 Å². The molecule has 0 saturated carbocycles. The Hall–Kier alpha value is -3.13. The minimum absolute atomic E-state index is 0.136. The molecule has 1 unspecified atom stereocenters. The van der Waals surface area contributed by atoms with Gasteiger partial charge in [0, 0.05) is 18.7 Å². The maximum absolute atomic E-state index is 13.2. The van der Waals surface area contributed by atoms with Crippen LogP contribution in [0.15, 0.2) is 48.5 Å². The number of benzene rings is 2. The lowest BCUT2D eigenvalue weighted by Gasteiger charge is -2.33. The van der Waals surface area contributed by atoms with E-state index in [0.29, 0.717) is 18.7 Å². The smallest absolute Gasteiger partial charge is 0.254 e. The molecule has 3 heterocycles. The molecular formula is C20H16FN5OS. The predicted octanol–water partition coefficient (Wildman–Crippen LogP) is 3.91. The van der Waals surface area contributed by atoms with E-state index in [0.717, 1.165) is 26.9 Å². The van der Waals surface area contributed by atoms with Crippen molar-refractivity contribution >= 4 is 27.5 Å². The number of aromatic nitrogens is 4. The molecule has 8 heteroatoms. The van der Waals surface area contributed by atoms with Gasteiger partial charge in [0.2, 0.25) is 0 Å². The van der Waals surface area contributed by atoms with Gasteiger partial charge in [-0.3, -0.25) is 4.79 Å². The number of amides is 1. The Kier molecular flexibility index (Phi) is 3.94. The molecule has 1 aliphatic rings. The zero-order chi connectivity index (χ0) is 19.3. The topological polar surface area (TPSA) is 63.9 Å². The number of rotatable bonds is 2. The van der Waals surface area contributed by atoms with Gasteiger partial charge in [-0.15, -0.1) is 21.5 Å². The van der Waals surface area contributed by atoms with Gasteiger partial charge in [-0.25, -0.2) is 9.37 Å². The van der Waals surface area contributed by atoms with Crippen molar-refractivity contribution in [3.63, 3.8) is 0 Å². The lowest BCUT2D eigenvalue weighted by atomic mass is 10.1. The van der Waals surface area contributed by atoms with Crippen LogP contribution in [0.1, 0.15) is 29.1 Å². The molecule has 2 aromatic heterocycles. The van der Waals surface area contributed by atoms with Gasteiger partial charge in [-0.1, -0.05) is 12.1 Å². The fourth-order valence-electron chi connectivity index (χ4n) is 3.55. The van der Waals surface area contributed by atoms with E-state index < -0.39 is 0 Å². The molecule has 1 amide bonds. The van der Waals surface area contributed by atoms with Gasteiger partial charge < -0.3 is 9.47 Å². The first kappa shape index (κ1) is 17.0. The molecule has 0 fully saturated rings. The lowest BCUT2D eigenvalue weighted by Crippen LogP contribution is -2.41. The zero-order valence-corrected chi connectivity index (χ0v) is 15.9. The maximum atomic E-state index is 13.2. The van der Waals surface area contributed by atoms with Crippen LogP contribution in [-0.2, 0) is 6.54 Å². The van der Waals surface area contributed by atoms with E-state index in [1.807, 2.05) is 35.8 Å². The summed E-state index contributed by atoms with van der Waals surface area (Å²) in [6.07, 6.45) is 0. The molecule has 5 rings (SSSR count). The number of hydrogen-bond donors (Lipinski definition) is 0. The van der Waals surface area contributed by atoms with Crippen molar-refractivity contribution in [2.24, 2.45) is 0 Å². The van der Waals surface area contributed by atoms with E-state index in [4.69, 9.17) is 0 Å². The second kappa shape index (κ2) is 6.49. The summed E-state index contributed by atoms with van der Waals surface area (Å²) in [5.41, 5.74) is 1.41. The number of para-hydroxylation sites is 1. The molecule has 140 valence electrons. The highest BCUT2D eigenvalue weighted by atomic mass is 32.1. The van der Waals surface area contributed by atoms with Crippen LogP contribution < -0.4 is 0 Å². The highest BCUT2D eigenvalue weighted by molar-refractivity contribution is 7.21. The average Bonchev–Trinajstić information content (AvgIpc) is 3.32. The van der Waals surface area contributed by atoms with Crippen molar-refractivity contribution in [3.05, 3.63) is 65.7 Å². The molecule has 1 atom stereocenters. The van der Waals surface area contributed by atoms with Crippen molar-refractivity contribution in [1.29, 1.82) is 0 Å². The summed E-state index contributed by atoms with van der Waals surface area (Å²) in [6.45, 7) is 3.05. The van der Waals surface area contributed by atoms with Gasteiger partial charge >= 0.3 is 0 Å². The van der Waals surface area contributed by atoms with Crippen molar-refractivity contribution < 1.29 is 9.18 Å². The molecule has 28 heavy (non-hydrogen) atoms. The third-order valence-electron chi connectivity index (χ3n) is 5.02. The summed E-state index contributed by atoms with van der Waals surface area (Å²) in [6, 6.07) is 13.4. The number of halogens is 1. The molecule has 6 nitrogen and oxygen atoms in total. The predicted molar refractivity (Wildman–Crippen MR) is 104 cm³/mol. The van der Waals surface area contributed by atoms with Crippen LogP contribution in [0, 0.1) is 5.82 Å². The fourth-order valence-corrected chi connectivity index (χ4v) is 4.51. The van der Waals surface area contributed by atoms with Crippen molar-refractivity contribution in [2.75, 3.05) is 6.54 Å². The van der Waals surface area contributed by atoms with Crippen LogP contribution in [0.5, 0.6) is 0 Å². The molecular weight excluding hydrogens is 377 g/mol. The molecule has 0 N–H and O–H groups in total. The molecule has 2 aromatic carbocycles. The second-order valence-electron chi connectivity index (χ2n) is 6.70. The van der Waals surface area contributed by atoms with Crippen LogP contribution in [-0.4, -0.2) is 37.1 Å². The Labute approximate surface area is 164 Å². The second-order valence-corrected chi connectivity index (χ2v) is 7.73. The van der Waals surface area contributed by atoms with E-state index in [-0.39, 0.29) is 17.8 Å². The normalized spacial score (nSPS) is 16.4. The van der Waals surface area contributed by atoms with Crippen LogP contribution in [0.4, 0.5) is 4.39 Å². The third kappa shape index (κ3) is 2.68. The van der Waals surface area contributed by atoms with Crippen molar-refractivity contribution in [3.8, 4) is 10.8 Å². The van der Waals surface area contributed by atoms with E-state index in [9.17, 15) is 9.18 Å². The van der Waals surface area contributed by atoms with Gasteiger partial charge in [-0.2, -0.15) is 0 Å². The van der Waals surface area contributed by atoms with Crippen LogP contribution in [0.2, 0.25) is 0 Å². The van der Waals surface area contributed by atoms with Gasteiger partial charge in [0.05, 0.1) is 16.3 Å². The van der Waals surface area contributed by atoms with Gasteiger partial charge in [0.25, 0.3) is 5.91 Å². The summed E-state index contributed by atoms with van der Waals surface area (Å²) in [5, 5.41) is 9.54. The summed E-state index contributed by atoms with van der Waals surface area (Å²) in [4.78, 5) is 19.3. The third-order valence-corrected chi connectivity index (χ3v) is 6.05. The Bertz CT molecular complexity index is 1150. The molecule has 0 radical (unpaired) electrons. The summed E-state index contributed by atoms with van der Waals surface area (Å²) in [7, 11) is 0. The van der Waals surface area contributed by atoms with Gasteiger partial charge in [0.15, 0.2) is 16.7 Å². The molecule has 0 saturated heterocycles. The largest absolute Gasteiger partial charge is 0.327 e. The summed E-state index contributed by atoms with van der Waals surface area (Å²) >= 11 is 1.58. The Balaban J connectivity index is 1.47. The highest BCUT2D eigenvalue weighted by Crippen LogP contribution is 2.33. The zero-order valence-electron chi connectivity index (χ0n) is 15.0. The number of carbonyl (C=O) groups is 1. The lowest BCUT2D eigenvalue weighted by molar-refractivity contribution is 0.0638. The van der Waals surface area contributed by atoms with Crippen LogP contribution in [0.25, 0.3) is 21.0 Å². The van der Waals surface area contributed by atoms with E-state index in [1.165, 1.54) is 24.3 Å². The molecule has 4 aromatic rings. The Morgan fingerprint density at radius 2 is 1.89 bits per heavy atom. The first-order valence-electron chi connectivity index (χ1n) is 8.97. The number of nitrogens with zero attached hydrogens (tertiary/aromatic N) is 5. The molecule has 0 spiro atoms. The minimum Gasteiger partial charge on any atom is -0.327 e. The van der Waals surface area contributed by atoms with E-state index in [2.05, 4.69) is 15.2 Å². The highest BCUT2D eigenvalue weighted by Gasteiger charge is 2.32. The SMILES string of the molecule is CC1c2nnc(-c3nc4ccccc4s3)n2CCN1C(=O)c1ccc(F)cc1. The standard InChI is InChI=1S/C20H16FN5OS/c1-12-17-23-24-18(19-22-15-4-2-3-5-16(15)28-19)26(17)11-10-25(12)20(27)13-6-8-14(21)9-7-13/h2-9,12H,10-11H2,1H3. The van der Waals surface area contributed by atoms with Crippen LogP contribution >= 0.6 is 11.3 Å². The summed E-state index contributed by atoms with van der Waals surface area (Å²) in [5.74, 6) is 0.972. The Morgan fingerprint density at radius 1 is 1.11 bits per heavy atom. The number of thiazole rings is 1. The number of fused-ring (bicyclic) bond motifs is 2. The number of hydrogen-bond acceptors (Lipinski definition) is 5. The van der Waals surface area contributed by atoms with Crippen molar-refractivity contribution in [1.82, 2.24) is 24.6 Å². The molecule has 0 aliphatic carbocycles. The molecule has 1 aliphatic heterocycles. The van der Waals surface area contributed by atoms with Crippen molar-refractivity contribution in [2.45, 2.75) is 19.5 Å². The summed E-state index contributed by atoms with van der Waals surface area (Å²) < 4.78 is 16.3. The van der Waals surface area contributed by atoms with E-state index >= 15 is 0 Å². The molecule has 0 bridgehead atoms. The first-order valence-corrected chi connectivity index (χ1v) is 9.79. The Morgan fingerprint density at radius 3 is 2.68 bits per heavy atom. The van der Waals surface area contributed by atoms with Crippen LogP contribution in [0.3, 0.4) is 0 Å². The first-order chi connectivity index (χ1) is 13.6. The monoisotopic (exact) mass is 393 g/mol. The average molecular weight is 393 g/mol. The van der Waals surface area contributed by atoms with Gasteiger partial charge in [-0.05, 0) is 43.3 Å². The van der Waals surface area contributed by atoms with E-state index in [1.54, 1.807) is 16.2 Å². The quantitative estimate of drug-likeness (QED) is 0.518.